The molecule has 0 bridgehead atoms. The van der Waals surface area contributed by atoms with Gasteiger partial charge in [-0.2, -0.15) is 19.0 Å². The second-order valence-corrected chi connectivity index (χ2v) is 16.0. The number of anilines is 1. The van der Waals surface area contributed by atoms with Crippen molar-refractivity contribution in [2.24, 2.45) is 18.9 Å². The van der Waals surface area contributed by atoms with Crippen LogP contribution < -0.4 is 10.6 Å². The second-order valence-electron chi connectivity index (χ2n) is 15.6. The van der Waals surface area contributed by atoms with E-state index in [0.29, 0.717) is 39.2 Å². The smallest absolute Gasteiger partial charge is 0.293 e. The van der Waals surface area contributed by atoms with Crippen molar-refractivity contribution in [3.63, 3.8) is 0 Å². The number of halogens is 7. The quantitative estimate of drug-likeness (QED) is 0.0973. The number of benzene rings is 2. The van der Waals surface area contributed by atoms with Crippen LogP contribution in [0.3, 0.4) is 0 Å². The fourth-order valence-corrected chi connectivity index (χ4v) is 8.24. The molecule has 0 saturated heterocycles. The van der Waals surface area contributed by atoms with E-state index in [9.17, 15) is 32.3 Å². The maximum atomic E-state index is 15.7. The van der Waals surface area contributed by atoms with Gasteiger partial charge in [0.15, 0.2) is 5.82 Å². The topological polar surface area (TPSA) is 127 Å². The van der Waals surface area contributed by atoms with Crippen LogP contribution in [0.1, 0.15) is 91.8 Å². The Bertz CT molecular complexity index is 2550. The molecule has 10 nitrogen and oxygen atoms in total. The Balaban J connectivity index is 1.26. The molecular formula is C41H36ClF6N7O3. The molecule has 0 radical (unpaired) electrons. The van der Waals surface area contributed by atoms with Gasteiger partial charge in [-0.25, -0.2) is 22.5 Å². The van der Waals surface area contributed by atoms with Gasteiger partial charge < -0.3 is 15.7 Å². The zero-order valence-corrected chi connectivity index (χ0v) is 32.1. The Hall–Kier alpha value is -5.40. The summed E-state index contributed by atoms with van der Waals surface area (Å²) in [7, 11) is 1.64. The van der Waals surface area contributed by atoms with E-state index in [1.807, 2.05) is 0 Å². The Labute approximate surface area is 333 Å². The van der Waals surface area contributed by atoms with Crippen LogP contribution in [0.25, 0.3) is 22.0 Å². The van der Waals surface area contributed by atoms with Crippen molar-refractivity contribution in [1.29, 1.82) is 0 Å². The summed E-state index contributed by atoms with van der Waals surface area (Å²) in [4.78, 5) is 31.6. The number of aliphatic hydroxyl groups is 1. The minimum absolute atomic E-state index is 0.0819. The zero-order valence-electron chi connectivity index (χ0n) is 31.3. The molecular weight excluding hydrogens is 788 g/mol. The van der Waals surface area contributed by atoms with Crippen molar-refractivity contribution in [3.8, 4) is 23.0 Å². The molecule has 58 heavy (non-hydrogen) atoms. The molecule has 3 heterocycles. The van der Waals surface area contributed by atoms with E-state index in [1.165, 1.54) is 18.5 Å². The standard InChI is InChI=1S/C41H36ClF6N7O3/c1-40(2,58)13-12-23-6-7-24(25-9-11-28(42)32-35(25)54(3)53-38(32)51-39(57)20-4-5-20)33(49-23)29(16-19-14-21(43)17-22(44)15-19)50-30(56)18-55-36-31(34(52-55)37(45)46)26-8-10-27(26)41(36,47)48/h6-7,9,11,14-15,17,20,26-27,29,37,58H,4-5,8,10,16,18H2,1-3H3,(H,50,56)(H,51,53,57). The van der Waals surface area contributed by atoms with Gasteiger partial charge in [-0.05, 0) is 93.7 Å². The normalized spacial score (nSPS) is 18.6. The van der Waals surface area contributed by atoms with Crippen molar-refractivity contribution >= 4 is 40.1 Å². The highest BCUT2D eigenvalue weighted by Crippen LogP contribution is 2.63. The van der Waals surface area contributed by atoms with E-state index in [-0.39, 0.29) is 58.0 Å². The van der Waals surface area contributed by atoms with Crippen molar-refractivity contribution in [2.45, 2.75) is 82.4 Å². The van der Waals surface area contributed by atoms with Crippen LogP contribution in [0.4, 0.5) is 32.2 Å². The third kappa shape index (κ3) is 7.30. The van der Waals surface area contributed by atoms with Crippen LogP contribution in [0.15, 0.2) is 42.5 Å². The molecule has 8 rings (SSSR count). The number of rotatable bonds is 10. The maximum absolute atomic E-state index is 15.7. The third-order valence-corrected chi connectivity index (χ3v) is 11.1. The Morgan fingerprint density at radius 1 is 1.02 bits per heavy atom. The maximum Gasteiger partial charge on any atom is 0.293 e. The van der Waals surface area contributed by atoms with Gasteiger partial charge in [0.1, 0.15) is 40.9 Å². The lowest BCUT2D eigenvalue weighted by Gasteiger charge is -2.34. The summed E-state index contributed by atoms with van der Waals surface area (Å²) in [6.45, 7) is 2.04. The molecule has 0 aliphatic heterocycles. The molecule has 3 unspecified atom stereocenters. The van der Waals surface area contributed by atoms with Gasteiger partial charge in [-0.1, -0.05) is 23.6 Å². The number of nitrogens with zero attached hydrogens (tertiary/aromatic N) is 5. The number of aryl methyl sites for hydroxylation is 1. The first kappa shape index (κ1) is 39.4. The van der Waals surface area contributed by atoms with E-state index >= 15 is 8.78 Å². The zero-order chi connectivity index (χ0) is 41.4. The number of carbonyl (C=O) groups excluding carboxylic acids is 2. The van der Waals surface area contributed by atoms with E-state index in [0.717, 1.165) is 25.0 Å². The highest BCUT2D eigenvalue weighted by molar-refractivity contribution is 6.37. The van der Waals surface area contributed by atoms with Crippen LogP contribution in [0, 0.1) is 35.3 Å². The van der Waals surface area contributed by atoms with Crippen molar-refractivity contribution < 1.29 is 41.0 Å². The molecule has 3 atom stereocenters. The largest absolute Gasteiger partial charge is 0.378 e. The molecule has 2 aromatic carbocycles. The van der Waals surface area contributed by atoms with Crippen molar-refractivity contribution in [3.05, 3.63) is 93.0 Å². The second kappa shape index (κ2) is 14.5. The predicted octanol–water partition coefficient (Wildman–Crippen LogP) is 7.87. The SMILES string of the molecule is Cn1nc(NC(=O)C2CC2)c2c(Cl)ccc(-c3ccc(C#CC(C)(C)O)nc3C(Cc3cc(F)cc(F)c3)NC(=O)Cn3nc(C(F)F)c4c3C(F)(F)C3CCC43)c21. The number of aromatic nitrogens is 5. The first-order chi connectivity index (χ1) is 27.4. The number of fused-ring (bicyclic) bond motifs is 4. The fourth-order valence-electron chi connectivity index (χ4n) is 8.00. The van der Waals surface area contributed by atoms with E-state index in [2.05, 4.69) is 32.7 Å². The van der Waals surface area contributed by atoms with Crippen LogP contribution in [-0.4, -0.2) is 47.1 Å². The predicted molar refractivity (Wildman–Crippen MR) is 201 cm³/mol. The summed E-state index contributed by atoms with van der Waals surface area (Å²) in [6.07, 6.45) is -1.54. The minimum atomic E-state index is -3.50. The number of amides is 2. The molecule has 0 spiro atoms. The summed E-state index contributed by atoms with van der Waals surface area (Å²) >= 11 is 6.71. The number of carbonyl (C=O) groups is 2. The van der Waals surface area contributed by atoms with E-state index in [4.69, 9.17) is 16.6 Å². The molecule has 2 saturated carbocycles. The number of hydrogen-bond acceptors (Lipinski definition) is 6. The Morgan fingerprint density at radius 2 is 1.72 bits per heavy atom. The fraction of sp³-hybridized carbons (Fsp3) is 0.390. The van der Waals surface area contributed by atoms with Gasteiger partial charge in [-0.3, -0.25) is 19.0 Å². The lowest BCUT2D eigenvalue weighted by molar-refractivity contribution is -0.123. The number of nitrogens with one attached hydrogen (secondary N) is 2. The summed E-state index contributed by atoms with van der Waals surface area (Å²) in [5.74, 6) is -2.88. The van der Waals surface area contributed by atoms with E-state index < -0.39 is 71.3 Å². The van der Waals surface area contributed by atoms with Crippen molar-refractivity contribution in [2.75, 3.05) is 5.32 Å². The molecule has 3 aromatic heterocycles. The summed E-state index contributed by atoms with van der Waals surface area (Å²) in [5.41, 5.74) is -1.62. The first-order valence-corrected chi connectivity index (χ1v) is 19.0. The van der Waals surface area contributed by atoms with Gasteiger partial charge in [0.05, 0.1) is 27.7 Å². The molecule has 17 heteroatoms. The molecule has 3 aliphatic rings. The Kier molecular flexibility index (Phi) is 9.83. The third-order valence-electron chi connectivity index (χ3n) is 10.8. The average molecular weight is 824 g/mol. The van der Waals surface area contributed by atoms with Crippen molar-refractivity contribution in [1.82, 2.24) is 29.9 Å². The number of hydrogen-bond donors (Lipinski definition) is 3. The molecule has 3 aliphatic carbocycles. The molecule has 2 fully saturated rings. The van der Waals surface area contributed by atoms with Gasteiger partial charge in [0, 0.05) is 41.6 Å². The van der Waals surface area contributed by atoms with Gasteiger partial charge in [0.2, 0.25) is 11.8 Å². The van der Waals surface area contributed by atoms with E-state index in [1.54, 1.807) is 31.3 Å². The summed E-state index contributed by atoms with van der Waals surface area (Å²) in [6, 6.07) is 7.95. The lowest BCUT2D eigenvalue weighted by atomic mass is 9.73. The molecule has 5 aromatic rings. The van der Waals surface area contributed by atoms with Crippen LogP contribution >= 0.6 is 11.6 Å². The minimum Gasteiger partial charge on any atom is -0.378 e. The summed E-state index contributed by atoms with van der Waals surface area (Å²) in [5, 5.41) is 25.0. The van der Waals surface area contributed by atoms with Crippen LogP contribution in [0.5, 0.6) is 0 Å². The van der Waals surface area contributed by atoms with Gasteiger partial charge >= 0.3 is 0 Å². The Morgan fingerprint density at radius 3 is 2.36 bits per heavy atom. The monoisotopic (exact) mass is 823 g/mol. The van der Waals surface area contributed by atoms with Crippen LogP contribution in [0.2, 0.25) is 5.02 Å². The average Bonchev–Trinajstić information content (AvgIpc) is 3.79. The van der Waals surface area contributed by atoms with Gasteiger partial charge in [-0.15, -0.1) is 0 Å². The summed E-state index contributed by atoms with van der Waals surface area (Å²) < 4.78 is 91.0. The molecule has 3 N–H and O–H groups in total. The highest BCUT2D eigenvalue weighted by Gasteiger charge is 2.62. The first-order valence-electron chi connectivity index (χ1n) is 18.6. The molecule has 2 amide bonds. The van der Waals surface area contributed by atoms with Crippen LogP contribution in [-0.2, 0) is 35.5 Å². The number of pyridine rings is 1. The highest BCUT2D eigenvalue weighted by atomic mass is 35.5. The van der Waals surface area contributed by atoms with Gasteiger partial charge in [0.25, 0.3) is 12.3 Å². The lowest BCUT2D eigenvalue weighted by Crippen LogP contribution is -2.36. The number of alkyl halides is 4. The molecule has 302 valence electrons.